The highest BCUT2D eigenvalue weighted by Gasteiger charge is 2.16. The molecule has 1 atom stereocenters. The van der Waals surface area contributed by atoms with E-state index in [9.17, 15) is 0 Å². The summed E-state index contributed by atoms with van der Waals surface area (Å²) in [5.74, 6) is 0. The zero-order chi connectivity index (χ0) is 14.8. The molecule has 0 saturated carbocycles. The van der Waals surface area contributed by atoms with Gasteiger partial charge in [-0.2, -0.15) is 0 Å². The van der Waals surface area contributed by atoms with Gasteiger partial charge in [-0.1, -0.05) is 45.0 Å². The van der Waals surface area contributed by atoms with Crippen molar-refractivity contribution >= 4 is 15.9 Å². The van der Waals surface area contributed by atoms with Crippen molar-refractivity contribution in [1.82, 2.24) is 10.3 Å². The van der Waals surface area contributed by atoms with E-state index in [1.54, 1.807) is 0 Å². The van der Waals surface area contributed by atoms with Crippen LogP contribution in [0.15, 0.2) is 47.1 Å². The first-order chi connectivity index (χ1) is 9.41. The molecule has 106 valence electrons. The Bertz CT molecular complexity index is 553. The fourth-order valence-corrected chi connectivity index (χ4v) is 2.45. The van der Waals surface area contributed by atoms with Crippen molar-refractivity contribution < 1.29 is 0 Å². The Balaban J connectivity index is 2.30. The first-order valence-corrected chi connectivity index (χ1v) is 7.60. The van der Waals surface area contributed by atoms with Gasteiger partial charge >= 0.3 is 0 Å². The molecule has 2 rings (SSSR count). The highest BCUT2D eigenvalue weighted by molar-refractivity contribution is 9.10. The van der Waals surface area contributed by atoms with Gasteiger partial charge in [-0.25, -0.2) is 0 Å². The summed E-state index contributed by atoms with van der Waals surface area (Å²) in [6.45, 7) is 6.69. The minimum absolute atomic E-state index is 0.122. The molecule has 0 amide bonds. The van der Waals surface area contributed by atoms with Crippen molar-refractivity contribution in [1.29, 1.82) is 0 Å². The molecular weight excluding hydrogens is 312 g/mol. The van der Waals surface area contributed by atoms with Gasteiger partial charge in [-0.05, 0) is 51.7 Å². The van der Waals surface area contributed by atoms with Gasteiger partial charge in [0.15, 0.2) is 0 Å². The van der Waals surface area contributed by atoms with E-state index in [4.69, 9.17) is 0 Å². The van der Waals surface area contributed by atoms with Crippen LogP contribution < -0.4 is 5.32 Å². The summed E-state index contributed by atoms with van der Waals surface area (Å²) in [6, 6.07) is 13.0. The average Bonchev–Trinajstić information content (AvgIpc) is 2.41. The molecule has 3 heteroatoms. The molecule has 0 saturated heterocycles. The van der Waals surface area contributed by atoms with Crippen LogP contribution in [-0.2, 0) is 5.41 Å². The summed E-state index contributed by atoms with van der Waals surface area (Å²) in [5.41, 5.74) is 3.79. The van der Waals surface area contributed by atoms with E-state index >= 15 is 0 Å². The van der Waals surface area contributed by atoms with E-state index in [-0.39, 0.29) is 11.5 Å². The maximum atomic E-state index is 4.49. The van der Waals surface area contributed by atoms with Gasteiger partial charge in [0, 0.05) is 10.7 Å². The molecule has 1 unspecified atom stereocenters. The van der Waals surface area contributed by atoms with Crippen LogP contribution in [0.5, 0.6) is 0 Å². The molecule has 0 radical (unpaired) electrons. The first-order valence-electron chi connectivity index (χ1n) is 6.81. The summed E-state index contributed by atoms with van der Waals surface area (Å²) in [5, 5.41) is 3.33. The SMILES string of the molecule is CNC(c1ccc(C(C)(C)C)cc1)c1ccc(Br)cn1. The Morgan fingerprint density at radius 1 is 1.05 bits per heavy atom. The zero-order valence-electron chi connectivity index (χ0n) is 12.4. The fraction of sp³-hybridized carbons (Fsp3) is 0.353. The van der Waals surface area contributed by atoms with Crippen LogP contribution in [0, 0.1) is 0 Å². The third-order valence-corrected chi connectivity index (χ3v) is 3.91. The van der Waals surface area contributed by atoms with Crippen molar-refractivity contribution in [2.75, 3.05) is 7.05 Å². The number of pyridine rings is 1. The Morgan fingerprint density at radius 2 is 1.70 bits per heavy atom. The lowest BCUT2D eigenvalue weighted by Gasteiger charge is -2.21. The Morgan fingerprint density at radius 3 is 2.15 bits per heavy atom. The third kappa shape index (κ3) is 3.47. The Kier molecular flexibility index (Phi) is 4.61. The maximum Gasteiger partial charge on any atom is 0.0748 e. The number of benzene rings is 1. The molecule has 1 N–H and O–H groups in total. The molecular formula is C17H21BrN2. The number of nitrogens with one attached hydrogen (secondary N) is 1. The third-order valence-electron chi connectivity index (χ3n) is 3.44. The second-order valence-corrected chi connectivity index (χ2v) is 6.91. The van der Waals surface area contributed by atoms with Crippen LogP contribution in [0.25, 0.3) is 0 Å². The molecule has 1 heterocycles. The highest BCUT2D eigenvalue weighted by Crippen LogP contribution is 2.26. The summed E-state index contributed by atoms with van der Waals surface area (Å²) < 4.78 is 0.999. The normalized spacial score (nSPS) is 13.2. The maximum absolute atomic E-state index is 4.49. The predicted octanol–water partition coefficient (Wildman–Crippen LogP) is 4.45. The van der Waals surface area contributed by atoms with Crippen LogP contribution in [0.4, 0.5) is 0 Å². The smallest absolute Gasteiger partial charge is 0.0748 e. The van der Waals surface area contributed by atoms with Crippen molar-refractivity contribution in [3.8, 4) is 0 Å². The van der Waals surface area contributed by atoms with Crippen molar-refractivity contribution in [3.05, 3.63) is 63.9 Å². The molecule has 0 spiro atoms. The van der Waals surface area contributed by atoms with E-state index in [1.807, 2.05) is 25.4 Å². The van der Waals surface area contributed by atoms with Crippen molar-refractivity contribution in [2.24, 2.45) is 0 Å². The van der Waals surface area contributed by atoms with E-state index in [0.29, 0.717) is 0 Å². The lowest BCUT2D eigenvalue weighted by atomic mass is 9.86. The van der Waals surface area contributed by atoms with Gasteiger partial charge in [0.25, 0.3) is 0 Å². The molecule has 0 aliphatic carbocycles. The van der Waals surface area contributed by atoms with Crippen LogP contribution in [0.2, 0.25) is 0 Å². The summed E-state index contributed by atoms with van der Waals surface area (Å²) in [7, 11) is 1.96. The van der Waals surface area contributed by atoms with E-state index in [2.05, 4.69) is 71.3 Å². The first kappa shape index (κ1) is 15.2. The van der Waals surface area contributed by atoms with Gasteiger partial charge < -0.3 is 5.32 Å². The fourth-order valence-electron chi connectivity index (χ4n) is 2.22. The van der Waals surface area contributed by atoms with E-state index < -0.39 is 0 Å². The van der Waals surface area contributed by atoms with Gasteiger partial charge in [-0.15, -0.1) is 0 Å². The molecule has 0 aliphatic rings. The van der Waals surface area contributed by atoms with Gasteiger partial charge in [0.05, 0.1) is 11.7 Å². The topological polar surface area (TPSA) is 24.9 Å². The largest absolute Gasteiger partial charge is 0.308 e. The monoisotopic (exact) mass is 332 g/mol. The quantitative estimate of drug-likeness (QED) is 0.898. The zero-order valence-corrected chi connectivity index (χ0v) is 14.0. The molecule has 1 aromatic carbocycles. The molecule has 0 aliphatic heterocycles. The summed E-state index contributed by atoms with van der Waals surface area (Å²) in [6.07, 6.45) is 1.84. The van der Waals surface area contributed by atoms with Crippen molar-refractivity contribution in [2.45, 2.75) is 32.2 Å². The second kappa shape index (κ2) is 6.06. The molecule has 0 fully saturated rings. The van der Waals surface area contributed by atoms with Crippen molar-refractivity contribution in [3.63, 3.8) is 0 Å². The standard InChI is InChI=1S/C17H21BrN2/c1-17(2,3)13-7-5-12(6-8-13)16(19-4)15-10-9-14(18)11-20-15/h5-11,16,19H,1-4H3. The minimum atomic E-state index is 0.122. The van der Waals surface area contributed by atoms with Crippen LogP contribution in [0.1, 0.15) is 43.6 Å². The van der Waals surface area contributed by atoms with E-state index in [1.165, 1.54) is 11.1 Å². The number of rotatable bonds is 3. The number of halogens is 1. The lowest BCUT2D eigenvalue weighted by molar-refractivity contribution is 0.588. The predicted molar refractivity (Wildman–Crippen MR) is 88.0 cm³/mol. The lowest BCUT2D eigenvalue weighted by Crippen LogP contribution is -2.19. The van der Waals surface area contributed by atoms with Gasteiger partial charge in [0.2, 0.25) is 0 Å². The number of hydrogen-bond acceptors (Lipinski definition) is 2. The Labute approximate surface area is 129 Å². The number of aromatic nitrogens is 1. The van der Waals surface area contributed by atoms with Gasteiger partial charge in [-0.3, -0.25) is 4.98 Å². The van der Waals surface area contributed by atoms with Gasteiger partial charge in [0.1, 0.15) is 0 Å². The summed E-state index contributed by atoms with van der Waals surface area (Å²) >= 11 is 3.42. The number of nitrogens with zero attached hydrogens (tertiary/aromatic N) is 1. The van der Waals surface area contributed by atoms with Crippen LogP contribution in [-0.4, -0.2) is 12.0 Å². The summed E-state index contributed by atoms with van der Waals surface area (Å²) in [4.78, 5) is 4.49. The Hall–Kier alpha value is -1.19. The van der Waals surface area contributed by atoms with Crippen LogP contribution in [0.3, 0.4) is 0 Å². The minimum Gasteiger partial charge on any atom is -0.308 e. The molecule has 20 heavy (non-hydrogen) atoms. The second-order valence-electron chi connectivity index (χ2n) is 5.99. The molecule has 2 aromatic rings. The highest BCUT2D eigenvalue weighted by atomic mass is 79.9. The average molecular weight is 333 g/mol. The van der Waals surface area contributed by atoms with Crippen LogP contribution >= 0.6 is 15.9 Å². The molecule has 1 aromatic heterocycles. The number of hydrogen-bond donors (Lipinski definition) is 1. The molecule has 2 nitrogen and oxygen atoms in total. The molecule has 0 bridgehead atoms. The van der Waals surface area contributed by atoms with E-state index in [0.717, 1.165) is 10.2 Å².